The highest BCUT2D eigenvalue weighted by molar-refractivity contribution is 7.99. The number of aromatic nitrogens is 1. The number of ether oxygens (including phenoxy) is 1. The van der Waals surface area contributed by atoms with E-state index < -0.39 is 0 Å². The summed E-state index contributed by atoms with van der Waals surface area (Å²) in [5.41, 5.74) is 9.58. The Balaban J connectivity index is 1.91. The van der Waals surface area contributed by atoms with Crippen LogP contribution in [0.2, 0.25) is 0 Å². The molecule has 4 heteroatoms. The Labute approximate surface area is 126 Å². The van der Waals surface area contributed by atoms with E-state index in [0.717, 1.165) is 40.0 Å². The summed E-state index contributed by atoms with van der Waals surface area (Å²) >= 11 is 2.05. The molecule has 0 radical (unpaired) electrons. The second-order valence-corrected chi connectivity index (χ2v) is 7.08. The molecule has 1 aliphatic rings. The third-order valence-corrected chi connectivity index (χ3v) is 5.62. The zero-order valence-electron chi connectivity index (χ0n) is 12.8. The van der Waals surface area contributed by atoms with Crippen molar-refractivity contribution in [3.05, 3.63) is 23.0 Å². The van der Waals surface area contributed by atoms with Crippen LogP contribution in [-0.2, 0) is 6.42 Å². The van der Waals surface area contributed by atoms with Crippen molar-refractivity contribution in [3.8, 4) is 5.75 Å². The average molecular weight is 294 g/mol. The molecule has 2 N–H and O–H groups in total. The largest absolute Gasteiger partial charge is 0.496 e. The number of nitrogens with two attached hydrogens (primary N) is 1. The summed E-state index contributed by atoms with van der Waals surface area (Å²) in [5, 5.41) is 0.836. The summed E-state index contributed by atoms with van der Waals surface area (Å²) in [6.45, 7) is 4.10. The maximum absolute atomic E-state index is 6.28. The maximum atomic E-state index is 6.28. The van der Waals surface area contributed by atoms with Gasteiger partial charge in [0.05, 0.1) is 7.11 Å². The summed E-state index contributed by atoms with van der Waals surface area (Å²) in [6, 6.07) is 0.180. The van der Waals surface area contributed by atoms with Crippen molar-refractivity contribution in [2.75, 3.05) is 12.9 Å². The first kappa shape index (κ1) is 15.6. The van der Waals surface area contributed by atoms with Crippen LogP contribution in [-0.4, -0.2) is 29.1 Å². The Bertz CT molecular complexity index is 444. The molecule has 1 aromatic heterocycles. The first-order chi connectivity index (χ1) is 9.61. The first-order valence-corrected chi connectivity index (χ1v) is 8.53. The summed E-state index contributed by atoms with van der Waals surface area (Å²) in [6.07, 6.45) is 8.24. The predicted molar refractivity (Wildman–Crippen MR) is 86.7 cm³/mol. The molecule has 0 aromatic carbocycles. The number of pyridine rings is 1. The number of nitrogens with zero attached hydrogens (tertiary/aromatic N) is 1. The van der Waals surface area contributed by atoms with Gasteiger partial charge in [0, 0.05) is 46.5 Å². The molecule has 0 aliphatic heterocycles. The van der Waals surface area contributed by atoms with Gasteiger partial charge in [-0.2, -0.15) is 11.8 Å². The standard InChI is InChI=1S/C16H26N2OS/c1-11-9-18-15(12(2)16(11)19-3)8-13(17)10-20-14-6-4-5-7-14/h9,13-14H,4-8,10,17H2,1-3H3. The summed E-state index contributed by atoms with van der Waals surface area (Å²) in [7, 11) is 1.72. The van der Waals surface area contributed by atoms with E-state index in [2.05, 4.69) is 11.9 Å². The molecule has 1 unspecified atom stereocenters. The molecule has 1 aliphatic carbocycles. The van der Waals surface area contributed by atoms with Crippen molar-refractivity contribution in [3.63, 3.8) is 0 Å². The van der Waals surface area contributed by atoms with Crippen LogP contribution < -0.4 is 10.5 Å². The zero-order chi connectivity index (χ0) is 14.5. The normalized spacial score (nSPS) is 17.4. The summed E-state index contributed by atoms with van der Waals surface area (Å²) in [5.74, 6) is 1.98. The molecule has 3 nitrogen and oxygen atoms in total. The zero-order valence-corrected chi connectivity index (χ0v) is 13.6. The van der Waals surface area contributed by atoms with Crippen molar-refractivity contribution in [2.24, 2.45) is 5.73 Å². The molecule has 112 valence electrons. The lowest BCUT2D eigenvalue weighted by atomic mass is 10.1. The molecule has 1 heterocycles. The molecular formula is C16H26N2OS. The van der Waals surface area contributed by atoms with Crippen LogP contribution in [0.3, 0.4) is 0 Å². The third kappa shape index (κ3) is 3.89. The van der Waals surface area contributed by atoms with Crippen LogP contribution in [0, 0.1) is 13.8 Å². The average Bonchev–Trinajstić information content (AvgIpc) is 2.94. The number of aryl methyl sites for hydroxylation is 1. The van der Waals surface area contributed by atoms with Gasteiger partial charge in [-0.25, -0.2) is 0 Å². The number of rotatable bonds is 6. The fourth-order valence-electron chi connectivity index (χ4n) is 2.90. The molecule has 1 atom stereocenters. The Morgan fingerprint density at radius 3 is 2.75 bits per heavy atom. The highest BCUT2D eigenvalue weighted by Gasteiger charge is 2.18. The van der Waals surface area contributed by atoms with E-state index >= 15 is 0 Å². The van der Waals surface area contributed by atoms with E-state index in [4.69, 9.17) is 10.5 Å². The fraction of sp³-hybridized carbons (Fsp3) is 0.688. The third-order valence-electron chi connectivity index (χ3n) is 4.05. The Hall–Kier alpha value is -0.740. The van der Waals surface area contributed by atoms with Gasteiger partial charge < -0.3 is 10.5 Å². The second kappa shape index (κ2) is 7.32. The Kier molecular flexibility index (Phi) is 5.73. The van der Waals surface area contributed by atoms with Gasteiger partial charge in [-0.15, -0.1) is 0 Å². The number of methoxy groups -OCH3 is 1. The molecular weight excluding hydrogens is 268 g/mol. The number of hydrogen-bond acceptors (Lipinski definition) is 4. The van der Waals surface area contributed by atoms with E-state index in [1.165, 1.54) is 25.7 Å². The minimum Gasteiger partial charge on any atom is -0.496 e. The lowest BCUT2D eigenvalue weighted by molar-refractivity contribution is 0.406. The highest BCUT2D eigenvalue weighted by Crippen LogP contribution is 2.30. The van der Waals surface area contributed by atoms with Crippen molar-refractivity contribution >= 4 is 11.8 Å². The van der Waals surface area contributed by atoms with E-state index in [9.17, 15) is 0 Å². The van der Waals surface area contributed by atoms with Gasteiger partial charge in [0.15, 0.2) is 0 Å². The molecule has 1 fully saturated rings. The van der Waals surface area contributed by atoms with Gasteiger partial charge in [0.2, 0.25) is 0 Å². The molecule has 0 amide bonds. The minimum absolute atomic E-state index is 0.180. The number of hydrogen-bond donors (Lipinski definition) is 1. The van der Waals surface area contributed by atoms with Crippen molar-refractivity contribution in [1.82, 2.24) is 4.98 Å². The van der Waals surface area contributed by atoms with E-state index in [0.29, 0.717) is 0 Å². The molecule has 0 saturated heterocycles. The fourth-order valence-corrected chi connectivity index (χ4v) is 4.20. The Morgan fingerprint density at radius 2 is 2.10 bits per heavy atom. The van der Waals surface area contributed by atoms with Crippen LogP contribution in [0.25, 0.3) is 0 Å². The summed E-state index contributed by atoms with van der Waals surface area (Å²) in [4.78, 5) is 4.54. The number of thioether (sulfide) groups is 1. The van der Waals surface area contributed by atoms with E-state index in [1.54, 1.807) is 7.11 Å². The van der Waals surface area contributed by atoms with Crippen LogP contribution in [0.4, 0.5) is 0 Å². The molecule has 0 spiro atoms. The van der Waals surface area contributed by atoms with E-state index in [1.807, 2.05) is 24.9 Å². The van der Waals surface area contributed by atoms with Gasteiger partial charge in [-0.3, -0.25) is 4.98 Å². The monoisotopic (exact) mass is 294 g/mol. The SMILES string of the molecule is COc1c(C)cnc(CC(N)CSC2CCCC2)c1C. The van der Waals surface area contributed by atoms with Gasteiger partial charge >= 0.3 is 0 Å². The molecule has 20 heavy (non-hydrogen) atoms. The van der Waals surface area contributed by atoms with Crippen molar-refractivity contribution < 1.29 is 4.74 Å². The van der Waals surface area contributed by atoms with Crippen LogP contribution in [0.5, 0.6) is 5.75 Å². The van der Waals surface area contributed by atoms with Crippen molar-refractivity contribution in [2.45, 2.75) is 57.2 Å². The second-order valence-electron chi connectivity index (χ2n) is 5.75. The molecule has 2 rings (SSSR count). The summed E-state index contributed by atoms with van der Waals surface area (Å²) < 4.78 is 5.45. The predicted octanol–water partition coefficient (Wildman–Crippen LogP) is 3.25. The van der Waals surface area contributed by atoms with Gasteiger partial charge in [-0.1, -0.05) is 12.8 Å². The van der Waals surface area contributed by atoms with Crippen molar-refractivity contribution in [1.29, 1.82) is 0 Å². The van der Waals surface area contributed by atoms with Gasteiger partial charge in [0.25, 0.3) is 0 Å². The van der Waals surface area contributed by atoms with Crippen LogP contribution in [0.15, 0.2) is 6.20 Å². The smallest absolute Gasteiger partial charge is 0.128 e. The lowest BCUT2D eigenvalue weighted by Crippen LogP contribution is -2.27. The van der Waals surface area contributed by atoms with Crippen LogP contribution in [0.1, 0.15) is 42.5 Å². The maximum Gasteiger partial charge on any atom is 0.128 e. The minimum atomic E-state index is 0.180. The van der Waals surface area contributed by atoms with E-state index in [-0.39, 0.29) is 6.04 Å². The quantitative estimate of drug-likeness (QED) is 0.875. The first-order valence-electron chi connectivity index (χ1n) is 7.48. The van der Waals surface area contributed by atoms with Crippen LogP contribution >= 0.6 is 11.8 Å². The molecule has 1 saturated carbocycles. The van der Waals surface area contributed by atoms with Gasteiger partial charge in [-0.05, 0) is 26.7 Å². The topological polar surface area (TPSA) is 48.1 Å². The molecule has 1 aromatic rings. The lowest BCUT2D eigenvalue weighted by Gasteiger charge is -2.17. The van der Waals surface area contributed by atoms with Gasteiger partial charge in [0.1, 0.15) is 5.75 Å². The highest BCUT2D eigenvalue weighted by atomic mass is 32.2. The Morgan fingerprint density at radius 1 is 1.40 bits per heavy atom. The molecule has 0 bridgehead atoms.